The molecule has 0 saturated heterocycles. The van der Waals surface area contributed by atoms with Crippen LogP contribution in [-0.2, 0) is 0 Å². The summed E-state index contributed by atoms with van der Waals surface area (Å²) in [4.78, 5) is 13.3. The normalized spacial score (nSPS) is 17.0. The summed E-state index contributed by atoms with van der Waals surface area (Å²) in [7, 11) is 4.16. The minimum absolute atomic E-state index is 0.150. The van der Waals surface area contributed by atoms with Crippen LogP contribution < -0.4 is 11.1 Å². The van der Waals surface area contributed by atoms with Crippen LogP contribution >= 0.6 is 0 Å². The van der Waals surface area contributed by atoms with E-state index in [-0.39, 0.29) is 11.1 Å². The van der Waals surface area contributed by atoms with E-state index in [2.05, 4.69) is 24.3 Å². The van der Waals surface area contributed by atoms with E-state index in [4.69, 9.17) is 10.8 Å². The van der Waals surface area contributed by atoms with Gasteiger partial charge in [0, 0.05) is 12.1 Å². The molecule has 0 heterocycles. The largest absolute Gasteiger partial charge is 0.478 e. The molecule has 1 aromatic carbocycles. The standard InChI is InChI=1S/C14H21N3O2/c1-17(2)14(7-4-8-14)9-16-11-6-3-5-10(12(11)15)13(18)19/h3,5-6,16H,4,7-9,15H2,1-2H3,(H,18,19). The zero-order chi connectivity index (χ0) is 14.0. The van der Waals surface area contributed by atoms with Gasteiger partial charge in [0.25, 0.3) is 0 Å². The average molecular weight is 263 g/mol. The quantitative estimate of drug-likeness (QED) is 0.707. The molecule has 1 fully saturated rings. The Morgan fingerprint density at radius 3 is 2.63 bits per heavy atom. The molecule has 0 spiro atoms. The van der Waals surface area contributed by atoms with Gasteiger partial charge in [-0.2, -0.15) is 0 Å². The number of hydrogen-bond acceptors (Lipinski definition) is 4. The Hall–Kier alpha value is -1.75. The molecule has 0 aliphatic heterocycles. The Labute approximate surface area is 113 Å². The van der Waals surface area contributed by atoms with Crippen LogP contribution in [0.2, 0.25) is 0 Å². The van der Waals surface area contributed by atoms with Crippen LogP contribution in [-0.4, -0.2) is 42.2 Å². The van der Waals surface area contributed by atoms with E-state index in [1.165, 1.54) is 12.5 Å². The molecule has 0 aromatic heterocycles. The number of nitrogens with zero attached hydrogens (tertiary/aromatic N) is 1. The molecule has 0 radical (unpaired) electrons. The van der Waals surface area contributed by atoms with Gasteiger partial charge in [-0.15, -0.1) is 0 Å². The molecular formula is C14H21N3O2. The molecule has 2 rings (SSSR count). The third-order valence-electron chi connectivity index (χ3n) is 4.18. The summed E-state index contributed by atoms with van der Waals surface area (Å²) in [6, 6.07) is 5.06. The number of rotatable bonds is 5. The number of carboxylic acid groups (broad SMARTS) is 1. The molecule has 1 aromatic rings. The van der Waals surface area contributed by atoms with Crippen LogP contribution in [0.25, 0.3) is 0 Å². The summed E-state index contributed by atoms with van der Waals surface area (Å²) >= 11 is 0. The lowest BCUT2D eigenvalue weighted by molar-refractivity contribution is 0.0698. The lowest BCUT2D eigenvalue weighted by Gasteiger charge is -2.47. The van der Waals surface area contributed by atoms with Crippen LogP contribution in [0, 0.1) is 0 Å². The number of nitrogens with one attached hydrogen (secondary N) is 1. The van der Waals surface area contributed by atoms with Crippen molar-refractivity contribution in [2.45, 2.75) is 24.8 Å². The predicted octanol–water partition coefficient (Wildman–Crippen LogP) is 1.86. The van der Waals surface area contributed by atoms with Crippen LogP contribution in [0.3, 0.4) is 0 Å². The second kappa shape index (κ2) is 5.09. The van der Waals surface area contributed by atoms with Gasteiger partial charge in [0.1, 0.15) is 0 Å². The van der Waals surface area contributed by atoms with Crippen molar-refractivity contribution >= 4 is 17.3 Å². The summed E-state index contributed by atoms with van der Waals surface area (Å²) in [6.45, 7) is 0.785. The smallest absolute Gasteiger partial charge is 0.337 e. The van der Waals surface area contributed by atoms with E-state index in [0.29, 0.717) is 11.4 Å². The van der Waals surface area contributed by atoms with Crippen LogP contribution in [0.5, 0.6) is 0 Å². The fourth-order valence-corrected chi connectivity index (χ4v) is 2.53. The predicted molar refractivity (Wildman–Crippen MR) is 76.6 cm³/mol. The maximum absolute atomic E-state index is 11.0. The number of anilines is 2. The summed E-state index contributed by atoms with van der Waals surface area (Å²) < 4.78 is 0. The highest BCUT2D eigenvalue weighted by Crippen LogP contribution is 2.36. The maximum atomic E-state index is 11.0. The number of nitrogens with two attached hydrogens (primary N) is 1. The van der Waals surface area contributed by atoms with Crippen molar-refractivity contribution < 1.29 is 9.90 Å². The second-order valence-electron chi connectivity index (χ2n) is 5.40. The molecule has 1 aliphatic carbocycles. The van der Waals surface area contributed by atoms with Crippen molar-refractivity contribution in [1.82, 2.24) is 4.90 Å². The number of hydrogen-bond donors (Lipinski definition) is 3. The van der Waals surface area contributed by atoms with E-state index in [1.54, 1.807) is 6.07 Å². The first-order valence-corrected chi connectivity index (χ1v) is 6.49. The van der Waals surface area contributed by atoms with Gasteiger partial charge < -0.3 is 21.1 Å². The van der Waals surface area contributed by atoms with Crippen molar-refractivity contribution in [3.63, 3.8) is 0 Å². The number of benzene rings is 1. The third-order valence-corrected chi connectivity index (χ3v) is 4.18. The molecule has 1 saturated carbocycles. The number of carboxylic acids is 1. The van der Waals surface area contributed by atoms with Gasteiger partial charge in [0.2, 0.25) is 0 Å². The number of nitrogen functional groups attached to an aromatic ring is 1. The molecule has 5 heteroatoms. The van der Waals surface area contributed by atoms with Gasteiger partial charge in [-0.3, -0.25) is 0 Å². The first-order valence-electron chi connectivity index (χ1n) is 6.49. The van der Waals surface area contributed by atoms with E-state index in [1.807, 2.05) is 6.07 Å². The molecule has 19 heavy (non-hydrogen) atoms. The fourth-order valence-electron chi connectivity index (χ4n) is 2.53. The Bertz CT molecular complexity index is 482. The Morgan fingerprint density at radius 1 is 1.47 bits per heavy atom. The number of likely N-dealkylation sites (N-methyl/N-ethyl adjacent to an activating group) is 1. The summed E-state index contributed by atoms with van der Waals surface area (Å²) in [6.07, 6.45) is 3.56. The second-order valence-corrected chi connectivity index (χ2v) is 5.40. The molecule has 1 aliphatic rings. The third kappa shape index (κ3) is 2.51. The molecule has 104 valence electrons. The molecule has 0 amide bonds. The fraction of sp³-hybridized carbons (Fsp3) is 0.500. The van der Waals surface area contributed by atoms with Crippen LogP contribution in [0.4, 0.5) is 11.4 Å². The molecule has 0 unspecified atom stereocenters. The highest BCUT2D eigenvalue weighted by atomic mass is 16.4. The van der Waals surface area contributed by atoms with Gasteiger partial charge in [-0.25, -0.2) is 4.79 Å². The molecule has 5 nitrogen and oxygen atoms in total. The van der Waals surface area contributed by atoms with Gasteiger partial charge in [-0.1, -0.05) is 6.07 Å². The molecule has 4 N–H and O–H groups in total. The summed E-state index contributed by atoms with van der Waals surface area (Å²) in [5.74, 6) is -0.993. The zero-order valence-corrected chi connectivity index (χ0v) is 11.4. The highest BCUT2D eigenvalue weighted by molar-refractivity contribution is 5.97. The van der Waals surface area contributed by atoms with Gasteiger partial charge in [0.15, 0.2) is 0 Å². The first kappa shape index (κ1) is 13.7. The summed E-state index contributed by atoms with van der Waals surface area (Å²) in [5, 5.41) is 12.4. The van der Waals surface area contributed by atoms with Gasteiger partial charge in [0.05, 0.1) is 16.9 Å². The Kier molecular flexibility index (Phi) is 3.66. The molecule has 0 bridgehead atoms. The lowest BCUT2D eigenvalue weighted by Crippen LogP contribution is -2.54. The lowest BCUT2D eigenvalue weighted by atomic mass is 9.75. The molecule has 0 atom stereocenters. The first-order chi connectivity index (χ1) is 8.96. The van der Waals surface area contributed by atoms with Gasteiger partial charge >= 0.3 is 5.97 Å². The topological polar surface area (TPSA) is 78.6 Å². The van der Waals surface area contributed by atoms with Gasteiger partial charge in [-0.05, 0) is 45.5 Å². The van der Waals surface area contributed by atoms with E-state index in [9.17, 15) is 4.79 Å². The Balaban J connectivity index is 2.12. The SMILES string of the molecule is CN(C)C1(CNc2cccc(C(=O)O)c2N)CCC1. The number of aromatic carboxylic acids is 1. The summed E-state index contributed by atoms with van der Waals surface area (Å²) in [5.41, 5.74) is 7.23. The van der Waals surface area contributed by atoms with Crippen molar-refractivity contribution in [3.05, 3.63) is 23.8 Å². The van der Waals surface area contributed by atoms with Crippen LogP contribution in [0.1, 0.15) is 29.6 Å². The average Bonchev–Trinajstić information content (AvgIpc) is 2.28. The van der Waals surface area contributed by atoms with Crippen molar-refractivity contribution in [2.24, 2.45) is 0 Å². The van der Waals surface area contributed by atoms with E-state index >= 15 is 0 Å². The zero-order valence-electron chi connectivity index (χ0n) is 11.4. The monoisotopic (exact) mass is 263 g/mol. The van der Waals surface area contributed by atoms with E-state index in [0.717, 1.165) is 19.4 Å². The highest BCUT2D eigenvalue weighted by Gasteiger charge is 2.38. The van der Waals surface area contributed by atoms with Crippen molar-refractivity contribution in [3.8, 4) is 0 Å². The van der Waals surface area contributed by atoms with Crippen molar-refractivity contribution in [1.29, 1.82) is 0 Å². The number of para-hydroxylation sites is 1. The van der Waals surface area contributed by atoms with Crippen LogP contribution in [0.15, 0.2) is 18.2 Å². The minimum Gasteiger partial charge on any atom is -0.478 e. The maximum Gasteiger partial charge on any atom is 0.337 e. The number of carbonyl (C=O) groups is 1. The Morgan fingerprint density at radius 2 is 2.16 bits per heavy atom. The van der Waals surface area contributed by atoms with Crippen molar-refractivity contribution in [2.75, 3.05) is 31.7 Å². The minimum atomic E-state index is -0.993. The molecular weight excluding hydrogens is 242 g/mol. The van der Waals surface area contributed by atoms with E-state index < -0.39 is 5.97 Å².